The zero-order chi connectivity index (χ0) is 14.3. The van der Waals surface area contributed by atoms with Gasteiger partial charge >= 0.3 is 11.8 Å². The molecule has 0 radical (unpaired) electrons. The summed E-state index contributed by atoms with van der Waals surface area (Å²) >= 11 is 0. The van der Waals surface area contributed by atoms with Crippen LogP contribution in [0.1, 0.15) is 25.7 Å². The number of ether oxygens (including phenoxy) is 1. The minimum Gasteiger partial charge on any atom is -0.467 e. The van der Waals surface area contributed by atoms with Gasteiger partial charge in [0, 0.05) is 13.7 Å². The second kappa shape index (κ2) is 7.58. The van der Waals surface area contributed by atoms with Gasteiger partial charge in [-0.05, 0) is 18.1 Å². The van der Waals surface area contributed by atoms with Gasteiger partial charge < -0.3 is 19.8 Å². The molecule has 2 amide bonds. The van der Waals surface area contributed by atoms with E-state index in [1.165, 1.54) is 13.4 Å². The molecule has 0 fully saturated rings. The Balaban J connectivity index is 2.38. The highest BCUT2D eigenvalue weighted by Crippen LogP contribution is 2.15. The van der Waals surface area contributed by atoms with Crippen molar-refractivity contribution in [3.63, 3.8) is 0 Å². The molecular formula is C13H20N2O4. The van der Waals surface area contributed by atoms with Gasteiger partial charge in [-0.25, -0.2) is 0 Å². The molecule has 0 aromatic carbocycles. The molecule has 19 heavy (non-hydrogen) atoms. The highest BCUT2D eigenvalue weighted by atomic mass is 16.5. The van der Waals surface area contributed by atoms with Crippen molar-refractivity contribution < 1.29 is 18.7 Å². The van der Waals surface area contributed by atoms with E-state index in [1.807, 2.05) is 13.8 Å². The predicted octanol–water partition coefficient (Wildman–Crippen LogP) is 0.855. The maximum absolute atomic E-state index is 11.5. The van der Waals surface area contributed by atoms with Crippen molar-refractivity contribution in [1.29, 1.82) is 0 Å². The van der Waals surface area contributed by atoms with E-state index in [4.69, 9.17) is 9.15 Å². The van der Waals surface area contributed by atoms with Crippen LogP contribution in [0.5, 0.6) is 0 Å². The molecule has 6 nitrogen and oxygen atoms in total. The molecule has 0 bridgehead atoms. The second-order valence-electron chi connectivity index (χ2n) is 4.55. The molecule has 1 aromatic rings. The number of hydrogen-bond acceptors (Lipinski definition) is 4. The molecule has 2 N–H and O–H groups in total. The summed E-state index contributed by atoms with van der Waals surface area (Å²) in [6.45, 7) is 4.56. The van der Waals surface area contributed by atoms with Crippen molar-refractivity contribution in [1.82, 2.24) is 10.6 Å². The lowest BCUT2D eigenvalue weighted by molar-refractivity contribution is -0.139. The summed E-state index contributed by atoms with van der Waals surface area (Å²) < 4.78 is 10.4. The Hall–Kier alpha value is -1.82. The average molecular weight is 268 g/mol. The number of carbonyl (C=O) groups excluding carboxylic acids is 2. The second-order valence-corrected chi connectivity index (χ2v) is 4.55. The lowest BCUT2D eigenvalue weighted by atomic mass is 10.2. The normalized spacial score (nSPS) is 12.2. The molecule has 6 heteroatoms. The zero-order valence-electron chi connectivity index (χ0n) is 11.4. The average Bonchev–Trinajstić information content (AvgIpc) is 2.90. The molecule has 106 valence electrons. The number of amides is 2. The Kier molecular flexibility index (Phi) is 6.08. The molecule has 0 aliphatic heterocycles. The van der Waals surface area contributed by atoms with E-state index in [0.717, 1.165) is 0 Å². The number of nitrogens with one attached hydrogen (secondary N) is 2. The fourth-order valence-corrected chi connectivity index (χ4v) is 1.42. The highest BCUT2D eigenvalue weighted by Gasteiger charge is 2.18. The van der Waals surface area contributed by atoms with Crippen molar-refractivity contribution in [3.8, 4) is 0 Å². The lowest BCUT2D eigenvalue weighted by Gasteiger charge is -2.13. The van der Waals surface area contributed by atoms with E-state index in [1.54, 1.807) is 12.1 Å². The van der Waals surface area contributed by atoms with Gasteiger partial charge in [-0.1, -0.05) is 13.8 Å². The minimum absolute atomic E-state index is 0.179. The molecular weight excluding hydrogens is 248 g/mol. The predicted molar refractivity (Wildman–Crippen MR) is 69.3 cm³/mol. The van der Waals surface area contributed by atoms with Crippen molar-refractivity contribution in [2.24, 2.45) is 5.92 Å². The van der Waals surface area contributed by atoms with Crippen LogP contribution in [0.15, 0.2) is 22.8 Å². The largest absolute Gasteiger partial charge is 0.467 e. The van der Waals surface area contributed by atoms with Gasteiger partial charge in [0.1, 0.15) is 11.9 Å². The Labute approximate surface area is 112 Å². The number of rotatable bonds is 6. The molecule has 0 aliphatic rings. The summed E-state index contributed by atoms with van der Waals surface area (Å²) in [5, 5.41) is 5.05. The van der Waals surface area contributed by atoms with E-state index in [2.05, 4.69) is 10.6 Å². The van der Waals surface area contributed by atoms with Gasteiger partial charge in [0.15, 0.2) is 0 Å². The van der Waals surface area contributed by atoms with Crippen LogP contribution in [0, 0.1) is 5.92 Å². The van der Waals surface area contributed by atoms with Crippen molar-refractivity contribution >= 4 is 11.8 Å². The third-order valence-corrected chi connectivity index (χ3v) is 2.47. The number of carbonyl (C=O) groups is 2. The van der Waals surface area contributed by atoms with Gasteiger partial charge in [0.05, 0.1) is 12.8 Å². The smallest absolute Gasteiger partial charge is 0.309 e. The van der Waals surface area contributed by atoms with Crippen molar-refractivity contribution in [2.45, 2.75) is 20.0 Å². The zero-order valence-corrected chi connectivity index (χ0v) is 11.4. The molecule has 1 heterocycles. The SMILES string of the molecule is COC(CNC(=O)C(=O)NCC(C)C)c1ccco1. The van der Waals surface area contributed by atoms with Gasteiger partial charge in [0.25, 0.3) is 0 Å². The molecule has 1 unspecified atom stereocenters. The Morgan fingerprint density at radius 3 is 2.37 bits per heavy atom. The minimum atomic E-state index is -0.672. The van der Waals surface area contributed by atoms with Crippen molar-refractivity contribution in [3.05, 3.63) is 24.2 Å². The fourth-order valence-electron chi connectivity index (χ4n) is 1.42. The monoisotopic (exact) mass is 268 g/mol. The molecule has 1 aromatic heterocycles. The van der Waals surface area contributed by atoms with Crippen LogP contribution in [0.25, 0.3) is 0 Å². The first kappa shape index (κ1) is 15.2. The standard InChI is InChI=1S/C13H20N2O4/c1-9(2)7-14-12(16)13(17)15-8-11(18-3)10-5-4-6-19-10/h4-6,9,11H,7-8H2,1-3H3,(H,14,16)(H,15,17). The van der Waals surface area contributed by atoms with Crippen LogP contribution >= 0.6 is 0 Å². The maximum atomic E-state index is 11.5. The van der Waals surface area contributed by atoms with Gasteiger partial charge in [-0.3, -0.25) is 9.59 Å². The van der Waals surface area contributed by atoms with E-state index < -0.39 is 17.9 Å². The third kappa shape index (κ3) is 5.13. The van der Waals surface area contributed by atoms with Crippen LogP contribution in [-0.2, 0) is 14.3 Å². The van der Waals surface area contributed by atoms with Crippen LogP contribution < -0.4 is 10.6 Å². The summed E-state index contributed by atoms with van der Waals surface area (Å²) in [7, 11) is 1.51. The Morgan fingerprint density at radius 2 is 1.89 bits per heavy atom. The van der Waals surface area contributed by atoms with E-state index in [-0.39, 0.29) is 6.54 Å². The third-order valence-electron chi connectivity index (χ3n) is 2.47. The van der Waals surface area contributed by atoms with Gasteiger partial charge in [-0.15, -0.1) is 0 Å². The lowest BCUT2D eigenvalue weighted by Crippen LogP contribution is -2.42. The fraction of sp³-hybridized carbons (Fsp3) is 0.538. The summed E-state index contributed by atoms with van der Waals surface area (Å²) in [5.41, 5.74) is 0. The summed E-state index contributed by atoms with van der Waals surface area (Å²) in [6, 6.07) is 3.48. The van der Waals surface area contributed by atoms with E-state index >= 15 is 0 Å². The number of hydrogen-bond donors (Lipinski definition) is 2. The first-order valence-electron chi connectivity index (χ1n) is 6.16. The first-order valence-corrected chi connectivity index (χ1v) is 6.16. The molecule has 1 atom stereocenters. The maximum Gasteiger partial charge on any atom is 0.309 e. The van der Waals surface area contributed by atoms with Gasteiger partial charge in [0.2, 0.25) is 0 Å². The quantitative estimate of drug-likeness (QED) is 0.750. The van der Waals surface area contributed by atoms with E-state index in [9.17, 15) is 9.59 Å². The summed E-state index contributed by atoms with van der Waals surface area (Å²) in [5.74, 6) is -0.408. The number of furan rings is 1. The van der Waals surface area contributed by atoms with Crippen LogP contribution in [-0.4, -0.2) is 32.0 Å². The first-order chi connectivity index (χ1) is 9.04. The van der Waals surface area contributed by atoms with E-state index in [0.29, 0.717) is 18.2 Å². The van der Waals surface area contributed by atoms with Crippen molar-refractivity contribution in [2.75, 3.05) is 20.2 Å². The molecule has 0 spiro atoms. The molecule has 0 aliphatic carbocycles. The van der Waals surface area contributed by atoms with Crippen LogP contribution in [0.2, 0.25) is 0 Å². The molecule has 0 saturated heterocycles. The summed E-state index contributed by atoms with van der Waals surface area (Å²) in [6.07, 6.45) is 1.12. The Morgan fingerprint density at radius 1 is 1.26 bits per heavy atom. The van der Waals surface area contributed by atoms with Crippen LogP contribution in [0.3, 0.4) is 0 Å². The van der Waals surface area contributed by atoms with Crippen LogP contribution in [0.4, 0.5) is 0 Å². The molecule has 1 rings (SSSR count). The Bertz CT molecular complexity index is 401. The number of methoxy groups -OCH3 is 1. The molecule has 0 saturated carbocycles. The summed E-state index contributed by atoms with van der Waals surface area (Å²) in [4.78, 5) is 23.0. The van der Waals surface area contributed by atoms with Gasteiger partial charge in [-0.2, -0.15) is 0 Å². The highest BCUT2D eigenvalue weighted by molar-refractivity contribution is 6.35. The topological polar surface area (TPSA) is 80.6 Å².